The molecule has 3 N–H and O–H groups in total. The Bertz CT molecular complexity index is 365. The van der Waals surface area contributed by atoms with Gasteiger partial charge in [-0.05, 0) is 25.1 Å². The molecule has 1 aromatic carbocycles. The Kier molecular flexibility index (Phi) is 3.68. The van der Waals surface area contributed by atoms with Gasteiger partial charge in [-0.25, -0.2) is 4.79 Å². The predicted octanol–water partition coefficient (Wildman–Crippen LogP) is 1.16. The summed E-state index contributed by atoms with van der Waals surface area (Å²) in [5, 5.41) is 2.44. The molecular weight excluding hydrogens is 194 g/mol. The van der Waals surface area contributed by atoms with Crippen LogP contribution in [0.5, 0.6) is 0 Å². The Morgan fingerprint density at radius 2 is 2.33 bits per heavy atom. The normalized spacial score (nSPS) is 9.40. The van der Waals surface area contributed by atoms with Crippen molar-refractivity contribution in [1.29, 1.82) is 0 Å². The number of nitrogens with two attached hydrogens (primary N) is 1. The average molecular weight is 207 g/mol. The fraction of sp³-hybridized carbons (Fsp3) is 0.200. The number of rotatable bonds is 4. The zero-order valence-corrected chi connectivity index (χ0v) is 8.43. The highest BCUT2D eigenvalue weighted by atomic mass is 16.2. The van der Waals surface area contributed by atoms with Gasteiger partial charge in [-0.2, -0.15) is 0 Å². The average Bonchev–Trinajstić information content (AvgIpc) is 2.19. The number of benzene rings is 1. The molecule has 0 saturated carbocycles. The Balaban J connectivity index is 2.90. The Hall–Kier alpha value is -2.04. The van der Waals surface area contributed by atoms with Crippen LogP contribution in [-0.4, -0.2) is 19.0 Å². The topological polar surface area (TPSA) is 75.4 Å². The number of primary amides is 1. The molecule has 0 aliphatic rings. The van der Waals surface area contributed by atoms with Crippen molar-refractivity contribution in [2.75, 3.05) is 16.8 Å². The van der Waals surface area contributed by atoms with E-state index in [1.54, 1.807) is 24.3 Å². The van der Waals surface area contributed by atoms with Gasteiger partial charge in [0.2, 0.25) is 6.41 Å². The molecule has 1 rings (SSSR count). The van der Waals surface area contributed by atoms with Gasteiger partial charge in [0.15, 0.2) is 0 Å². The van der Waals surface area contributed by atoms with E-state index in [-0.39, 0.29) is 0 Å². The molecule has 80 valence electrons. The van der Waals surface area contributed by atoms with E-state index in [1.165, 1.54) is 4.90 Å². The van der Waals surface area contributed by atoms with Gasteiger partial charge in [-0.3, -0.25) is 4.79 Å². The van der Waals surface area contributed by atoms with Crippen LogP contribution in [-0.2, 0) is 4.79 Å². The summed E-state index contributed by atoms with van der Waals surface area (Å²) in [5.74, 6) is 0. The van der Waals surface area contributed by atoms with E-state index in [2.05, 4.69) is 5.32 Å². The summed E-state index contributed by atoms with van der Waals surface area (Å²) < 4.78 is 0. The lowest BCUT2D eigenvalue weighted by molar-refractivity contribution is -0.107. The zero-order chi connectivity index (χ0) is 11.3. The summed E-state index contributed by atoms with van der Waals surface area (Å²) in [6.45, 7) is 2.44. The van der Waals surface area contributed by atoms with Crippen LogP contribution in [0, 0.1) is 0 Å². The van der Waals surface area contributed by atoms with Crippen LogP contribution in [0.4, 0.5) is 16.2 Å². The molecule has 0 bridgehead atoms. The monoisotopic (exact) mass is 207 g/mol. The van der Waals surface area contributed by atoms with Gasteiger partial charge >= 0.3 is 6.03 Å². The van der Waals surface area contributed by atoms with E-state index in [1.807, 2.05) is 6.92 Å². The minimum Gasteiger partial charge on any atom is -0.351 e. The molecule has 0 spiro atoms. The van der Waals surface area contributed by atoms with Crippen LogP contribution in [0.2, 0.25) is 0 Å². The van der Waals surface area contributed by atoms with E-state index >= 15 is 0 Å². The number of anilines is 2. The summed E-state index contributed by atoms with van der Waals surface area (Å²) >= 11 is 0. The van der Waals surface area contributed by atoms with Gasteiger partial charge < -0.3 is 16.0 Å². The van der Waals surface area contributed by atoms with Crippen molar-refractivity contribution >= 4 is 23.8 Å². The molecule has 0 atom stereocenters. The van der Waals surface area contributed by atoms with E-state index in [4.69, 9.17) is 5.73 Å². The molecule has 5 heteroatoms. The first-order chi connectivity index (χ1) is 7.17. The second-order valence-corrected chi connectivity index (χ2v) is 2.93. The number of nitrogens with one attached hydrogen (secondary N) is 1. The molecular formula is C10H13N3O2. The fourth-order valence-corrected chi connectivity index (χ4v) is 1.22. The predicted molar refractivity (Wildman–Crippen MR) is 58.7 cm³/mol. The third kappa shape index (κ3) is 2.98. The first kappa shape index (κ1) is 11.0. The number of nitrogens with zero attached hydrogens (tertiary/aromatic N) is 1. The number of carbonyl (C=O) groups is 2. The standard InChI is InChI=1S/C10H13N3O2/c1-2-13(7-14)9-5-3-4-8(6-9)12-10(11)15/h3-7H,2H2,1H3,(H3,11,12,15). The minimum absolute atomic E-state index is 0.570. The number of amides is 3. The summed E-state index contributed by atoms with van der Waals surface area (Å²) in [4.78, 5) is 22.8. The Labute approximate surface area is 87.9 Å². The van der Waals surface area contributed by atoms with Crippen molar-refractivity contribution in [1.82, 2.24) is 0 Å². The van der Waals surface area contributed by atoms with Crippen molar-refractivity contribution in [2.24, 2.45) is 5.73 Å². The van der Waals surface area contributed by atoms with Gasteiger partial charge in [0.05, 0.1) is 0 Å². The Morgan fingerprint density at radius 3 is 2.87 bits per heavy atom. The van der Waals surface area contributed by atoms with Crippen LogP contribution in [0.1, 0.15) is 6.92 Å². The van der Waals surface area contributed by atoms with E-state index in [9.17, 15) is 9.59 Å². The van der Waals surface area contributed by atoms with Gasteiger partial charge in [0.1, 0.15) is 0 Å². The second kappa shape index (κ2) is 4.99. The van der Waals surface area contributed by atoms with Gasteiger partial charge in [-0.1, -0.05) is 6.07 Å². The molecule has 0 fully saturated rings. The fourth-order valence-electron chi connectivity index (χ4n) is 1.22. The van der Waals surface area contributed by atoms with Gasteiger partial charge in [0, 0.05) is 17.9 Å². The molecule has 0 heterocycles. The van der Waals surface area contributed by atoms with Crippen molar-refractivity contribution in [2.45, 2.75) is 6.92 Å². The molecule has 0 aliphatic carbocycles. The van der Waals surface area contributed by atoms with Crippen LogP contribution in [0.15, 0.2) is 24.3 Å². The van der Waals surface area contributed by atoms with Crippen LogP contribution in [0.3, 0.4) is 0 Å². The van der Waals surface area contributed by atoms with Crippen molar-refractivity contribution in [3.8, 4) is 0 Å². The molecule has 5 nitrogen and oxygen atoms in total. The van der Waals surface area contributed by atoms with Gasteiger partial charge in [-0.15, -0.1) is 0 Å². The highest BCUT2D eigenvalue weighted by Gasteiger charge is 2.03. The largest absolute Gasteiger partial charge is 0.351 e. The number of hydrogen-bond donors (Lipinski definition) is 2. The molecule has 0 aliphatic heterocycles. The third-order valence-electron chi connectivity index (χ3n) is 1.91. The number of urea groups is 1. The first-order valence-electron chi connectivity index (χ1n) is 4.56. The lowest BCUT2D eigenvalue weighted by Gasteiger charge is -2.15. The van der Waals surface area contributed by atoms with Gasteiger partial charge in [0.25, 0.3) is 0 Å². The SMILES string of the molecule is CCN(C=O)c1cccc(NC(N)=O)c1. The maximum absolute atomic E-state index is 10.7. The summed E-state index contributed by atoms with van der Waals surface area (Å²) in [5.41, 5.74) is 6.27. The molecule has 15 heavy (non-hydrogen) atoms. The molecule has 0 saturated heterocycles. The number of carbonyl (C=O) groups excluding carboxylic acids is 2. The molecule has 0 unspecified atom stereocenters. The molecule has 3 amide bonds. The quantitative estimate of drug-likeness (QED) is 0.727. The van der Waals surface area contributed by atoms with E-state index in [0.717, 1.165) is 12.1 Å². The first-order valence-corrected chi connectivity index (χ1v) is 4.56. The maximum Gasteiger partial charge on any atom is 0.316 e. The smallest absolute Gasteiger partial charge is 0.316 e. The van der Waals surface area contributed by atoms with Crippen molar-refractivity contribution in [3.63, 3.8) is 0 Å². The number of hydrogen-bond acceptors (Lipinski definition) is 2. The van der Waals surface area contributed by atoms with Crippen LogP contribution in [0.25, 0.3) is 0 Å². The lowest BCUT2D eigenvalue weighted by Crippen LogP contribution is -2.21. The molecule has 0 radical (unpaired) electrons. The van der Waals surface area contributed by atoms with E-state index < -0.39 is 6.03 Å². The summed E-state index contributed by atoms with van der Waals surface area (Å²) in [6.07, 6.45) is 0.739. The summed E-state index contributed by atoms with van der Waals surface area (Å²) in [7, 11) is 0. The third-order valence-corrected chi connectivity index (χ3v) is 1.91. The van der Waals surface area contributed by atoms with Crippen molar-refractivity contribution < 1.29 is 9.59 Å². The molecule has 0 aromatic heterocycles. The zero-order valence-electron chi connectivity index (χ0n) is 8.43. The minimum atomic E-state index is -0.624. The van der Waals surface area contributed by atoms with Crippen LogP contribution < -0.4 is 16.0 Å². The van der Waals surface area contributed by atoms with Crippen molar-refractivity contribution in [3.05, 3.63) is 24.3 Å². The highest BCUT2D eigenvalue weighted by Crippen LogP contribution is 2.17. The Morgan fingerprint density at radius 1 is 1.60 bits per heavy atom. The highest BCUT2D eigenvalue weighted by molar-refractivity contribution is 5.89. The summed E-state index contributed by atoms with van der Waals surface area (Å²) in [6, 6.07) is 6.29. The maximum atomic E-state index is 10.7. The lowest BCUT2D eigenvalue weighted by atomic mass is 10.2. The van der Waals surface area contributed by atoms with E-state index in [0.29, 0.717) is 12.2 Å². The second-order valence-electron chi connectivity index (χ2n) is 2.93. The molecule has 1 aromatic rings. The van der Waals surface area contributed by atoms with Crippen LogP contribution >= 0.6 is 0 Å².